The minimum atomic E-state index is -0.384. The van der Waals surface area contributed by atoms with Gasteiger partial charge in [-0.3, -0.25) is 4.79 Å². The van der Waals surface area contributed by atoms with E-state index in [1.807, 2.05) is 51.1 Å². The van der Waals surface area contributed by atoms with Crippen LogP contribution in [0.4, 0.5) is 0 Å². The first-order valence-corrected chi connectivity index (χ1v) is 8.45. The van der Waals surface area contributed by atoms with Crippen LogP contribution in [-0.4, -0.2) is 18.4 Å². The molecule has 1 heterocycles. The monoisotopic (exact) mass is 327 g/mol. The Kier molecular flexibility index (Phi) is 5.96. The van der Waals surface area contributed by atoms with Crippen molar-refractivity contribution < 1.29 is 14.3 Å². The number of Topliss-reactive ketones (excluding diaryl/α,β-unsaturated/α-hetero) is 1. The lowest BCUT2D eigenvalue weighted by atomic mass is 9.78. The SMILES string of the molecule is CCCC(=O)C1=C(C)NC(C)=C(C(=O)OCC)[C@H]1c1ccccc1. The molecule has 0 fully saturated rings. The van der Waals surface area contributed by atoms with E-state index in [4.69, 9.17) is 4.74 Å². The van der Waals surface area contributed by atoms with Gasteiger partial charge in [0.1, 0.15) is 0 Å². The van der Waals surface area contributed by atoms with Crippen molar-refractivity contribution in [2.45, 2.75) is 46.5 Å². The van der Waals surface area contributed by atoms with Crippen molar-refractivity contribution in [2.75, 3.05) is 6.61 Å². The molecular formula is C20H25NO3. The Morgan fingerprint density at radius 2 is 1.67 bits per heavy atom. The van der Waals surface area contributed by atoms with Crippen molar-refractivity contribution in [3.63, 3.8) is 0 Å². The number of hydrogen-bond donors (Lipinski definition) is 1. The highest BCUT2D eigenvalue weighted by Crippen LogP contribution is 2.39. The number of esters is 1. The Morgan fingerprint density at radius 1 is 1.04 bits per heavy atom. The van der Waals surface area contributed by atoms with Gasteiger partial charge in [-0.1, -0.05) is 37.3 Å². The summed E-state index contributed by atoms with van der Waals surface area (Å²) in [5.74, 6) is -0.679. The fourth-order valence-corrected chi connectivity index (χ4v) is 3.18. The van der Waals surface area contributed by atoms with Gasteiger partial charge in [0.05, 0.1) is 12.2 Å². The fourth-order valence-electron chi connectivity index (χ4n) is 3.18. The van der Waals surface area contributed by atoms with Crippen molar-refractivity contribution >= 4 is 11.8 Å². The quantitative estimate of drug-likeness (QED) is 0.806. The Balaban J connectivity index is 2.59. The molecule has 1 aliphatic rings. The topological polar surface area (TPSA) is 55.4 Å². The van der Waals surface area contributed by atoms with Crippen LogP contribution in [0.1, 0.15) is 52.0 Å². The van der Waals surface area contributed by atoms with Gasteiger partial charge >= 0.3 is 5.97 Å². The van der Waals surface area contributed by atoms with E-state index in [2.05, 4.69) is 5.32 Å². The second-order valence-electron chi connectivity index (χ2n) is 5.94. The van der Waals surface area contributed by atoms with E-state index in [0.29, 0.717) is 24.2 Å². The number of carbonyl (C=O) groups is 2. The molecule has 1 atom stereocenters. The van der Waals surface area contributed by atoms with E-state index >= 15 is 0 Å². The van der Waals surface area contributed by atoms with Gasteiger partial charge in [0.2, 0.25) is 0 Å². The molecule has 24 heavy (non-hydrogen) atoms. The summed E-state index contributed by atoms with van der Waals surface area (Å²) in [4.78, 5) is 25.3. The van der Waals surface area contributed by atoms with Crippen LogP contribution in [0.5, 0.6) is 0 Å². The molecule has 0 aromatic heterocycles. The first-order chi connectivity index (χ1) is 11.5. The molecule has 2 rings (SSSR count). The number of carbonyl (C=O) groups excluding carboxylic acids is 2. The second-order valence-corrected chi connectivity index (χ2v) is 5.94. The zero-order chi connectivity index (χ0) is 17.7. The van der Waals surface area contributed by atoms with E-state index in [1.165, 1.54) is 0 Å². The van der Waals surface area contributed by atoms with E-state index in [-0.39, 0.29) is 17.7 Å². The molecule has 4 nitrogen and oxygen atoms in total. The molecule has 0 amide bonds. The first kappa shape index (κ1) is 18.0. The average Bonchev–Trinajstić information content (AvgIpc) is 2.55. The molecular weight excluding hydrogens is 302 g/mol. The maximum Gasteiger partial charge on any atom is 0.336 e. The van der Waals surface area contributed by atoms with Gasteiger partial charge < -0.3 is 10.1 Å². The molecule has 1 N–H and O–H groups in total. The average molecular weight is 327 g/mol. The lowest BCUT2D eigenvalue weighted by Gasteiger charge is -2.31. The summed E-state index contributed by atoms with van der Waals surface area (Å²) >= 11 is 0. The highest BCUT2D eigenvalue weighted by molar-refractivity contribution is 6.03. The standard InChI is InChI=1S/C20H25NO3/c1-5-10-16(22)17-13(3)21-14(4)18(20(23)24-6-2)19(17)15-11-8-7-9-12-15/h7-9,11-12,19,21H,5-6,10H2,1-4H3/t19-/m0/s1. The first-order valence-electron chi connectivity index (χ1n) is 8.45. The van der Waals surface area contributed by atoms with Crippen LogP contribution in [0.15, 0.2) is 52.9 Å². The van der Waals surface area contributed by atoms with Crippen molar-refractivity contribution in [1.29, 1.82) is 0 Å². The summed E-state index contributed by atoms with van der Waals surface area (Å²) in [7, 11) is 0. The number of rotatable bonds is 6. The molecule has 0 spiro atoms. The third-order valence-electron chi connectivity index (χ3n) is 4.17. The van der Waals surface area contributed by atoms with Crippen molar-refractivity contribution in [3.8, 4) is 0 Å². The molecule has 1 aliphatic heterocycles. The lowest BCUT2D eigenvalue weighted by molar-refractivity contribution is -0.138. The molecule has 1 aromatic carbocycles. The van der Waals surface area contributed by atoms with Gasteiger partial charge in [-0.15, -0.1) is 0 Å². The van der Waals surface area contributed by atoms with Gasteiger partial charge in [-0.25, -0.2) is 4.79 Å². The normalized spacial score (nSPS) is 17.6. The van der Waals surface area contributed by atoms with Crippen molar-refractivity contribution in [1.82, 2.24) is 5.32 Å². The lowest BCUT2D eigenvalue weighted by Crippen LogP contribution is -2.31. The van der Waals surface area contributed by atoms with Crippen molar-refractivity contribution in [2.24, 2.45) is 0 Å². The van der Waals surface area contributed by atoms with Crippen LogP contribution in [-0.2, 0) is 14.3 Å². The van der Waals surface area contributed by atoms with E-state index < -0.39 is 0 Å². The zero-order valence-electron chi connectivity index (χ0n) is 14.8. The Hall–Kier alpha value is -2.36. The van der Waals surface area contributed by atoms with Gasteiger partial charge in [0, 0.05) is 29.3 Å². The highest BCUT2D eigenvalue weighted by atomic mass is 16.5. The number of ether oxygens (including phenoxy) is 1. The Bertz CT molecular complexity index is 646. The minimum absolute atomic E-state index is 0.0747. The van der Waals surface area contributed by atoms with Gasteiger partial charge in [-0.2, -0.15) is 0 Å². The van der Waals surface area contributed by atoms with E-state index in [1.54, 1.807) is 6.92 Å². The molecule has 0 bridgehead atoms. The molecule has 0 aliphatic carbocycles. The summed E-state index contributed by atoms with van der Waals surface area (Å²) in [5.41, 5.74) is 3.67. The van der Waals surface area contributed by atoms with E-state index in [9.17, 15) is 9.59 Å². The summed E-state index contributed by atoms with van der Waals surface area (Å²) in [6, 6.07) is 9.68. The van der Waals surface area contributed by atoms with Crippen molar-refractivity contribution in [3.05, 3.63) is 58.4 Å². The van der Waals surface area contributed by atoms with Crippen LogP contribution in [0, 0.1) is 0 Å². The van der Waals surface area contributed by atoms with E-state index in [0.717, 1.165) is 23.4 Å². The predicted octanol–water partition coefficient (Wildman–Crippen LogP) is 3.85. The molecule has 0 radical (unpaired) electrons. The van der Waals surface area contributed by atoms with Gasteiger partial charge in [-0.05, 0) is 32.8 Å². The molecule has 0 saturated heterocycles. The summed E-state index contributed by atoms with van der Waals surface area (Å²) in [5, 5.41) is 3.20. The molecule has 128 valence electrons. The Labute approximate surface area is 143 Å². The molecule has 0 saturated carbocycles. The van der Waals surface area contributed by atoms with Gasteiger partial charge in [0.25, 0.3) is 0 Å². The number of hydrogen-bond acceptors (Lipinski definition) is 4. The summed E-state index contributed by atoms with van der Waals surface area (Å²) < 4.78 is 5.26. The number of nitrogens with one attached hydrogen (secondary N) is 1. The number of ketones is 1. The largest absolute Gasteiger partial charge is 0.463 e. The summed E-state index contributed by atoms with van der Waals surface area (Å²) in [6.07, 6.45) is 1.24. The zero-order valence-corrected chi connectivity index (χ0v) is 14.8. The Morgan fingerprint density at radius 3 is 2.25 bits per heavy atom. The number of dihydropyridines is 1. The second kappa shape index (κ2) is 7.95. The van der Waals surface area contributed by atoms with Crippen LogP contribution in [0.2, 0.25) is 0 Å². The van der Waals surface area contributed by atoms with Crippen LogP contribution >= 0.6 is 0 Å². The number of allylic oxidation sites excluding steroid dienone is 3. The molecule has 4 heteroatoms. The maximum absolute atomic E-state index is 12.8. The van der Waals surface area contributed by atoms with Crippen LogP contribution < -0.4 is 5.32 Å². The fraction of sp³-hybridized carbons (Fsp3) is 0.400. The van der Waals surface area contributed by atoms with Gasteiger partial charge in [0.15, 0.2) is 5.78 Å². The minimum Gasteiger partial charge on any atom is -0.463 e. The molecule has 1 aromatic rings. The summed E-state index contributed by atoms with van der Waals surface area (Å²) in [6.45, 7) is 7.82. The highest BCUT2D eigenvalue weighted by Gasteiger charge is 2.36. The third kappa shape index (κ3) is 3.58. The van der Waals surface area contributed by atoms with Crippen LogP contribution in [0.25, 0.3) is 0 Å². The maximum atomic E-state index is 12.8. The predicted molar refractivity (Wildman–Crippen MR) is 94.3 cm³/mol. The smallest absolute Gasteiger partial charge is 0.336 e. The third-order valence-corrected chi connectivity index (χ3v) is 4.17. The molecule has 0 unspecified atom stereocenters. The van der Waals surface area contributed by atoms with Crippen LogP contribution in [0.3, 0.4) is 0 Å². The number of benzene rings is 1.